The van der Waals surface area contributed by atoms with E-state index in [1.54, 1.807) is 0 Å². The lowest BCUT2D eigenvalue weighted by molar-refractivity contribution is 1.18. The highest BCUT2D eigenvalue weighted by atomic mass is 15.2. The fraction of sp³-hybridized carbons (Fsp3) is 0. The molecule has 0 bridgehead atoms. The minimum atomic E-state index is 0.0777. The van der Waals surface area contributed by atoms with E-state index in [1.165, 1.54) is 94.3 Å². The number of nitrogens with zero attached hydrogens (tertiary/aromatic N) is 3. The number of benzene rings is 10. The monoisotopic (exact) mass is 813 g/mol. The summed E-state index contributed by atoms with van der Waals surface area (Å²) in [5, 5.41) is 2.49. The summed E-state index contributed by atoms with van der Waals surface area (Å²) in [4.78, 5) is 4.92. The Balaban J connectivity index is 0.948. The van der Waals surface area contributed by atoms with Crippen molar-refractivity contribution in [1.82, 2.24) is 4.57 Å². The van der Waals surface area contributed by atoms with Gasteiger partial charge in [0.05, 0.1) is 11.0 Å². The highest BCUT2D eigenvalue weighted by Gasteiger charge is 2.43. The molecule has 0 saturated heterocycles. The normalized spacial score (nSPS) is 12.6. The van der Waals surface area contributed by atoms with Gasteiger partial charge >= 0.3 is 0 Å². The molecule has 3 heterocycles. The lowest BCUT2D eigenvalue weighted by atomic mass is 9.33. The quantitative estimate of drug-likeness (QED) is 0.155. The Morgan fingerprint density at radius 1 is 0.266 bits per heavy atom. The SMILES string of the molecule is c1ccc(-c2ccc3c(c2)c2cc(-c4ccccc4)ccc2n3-c2ccc(-c3ccc4c(c3)N(c3ccccc3)c3cccc5c3B4c3ccccc3N5c3ccccc3)cc2)cc1. The largest absolute Gasteiger partial charge is 0.311 e. The summed E-state index contributed by atoms with van der Waals surface area (Å²) in [5.74, 6) is 0. The van der Waals surface area contributed by atoms with Gasteiger partial charge < -0.3 is 14.4 Å². The Morgan fingerprint density at radius 3 is 1.27 bits per heavy atom. The molecule has 298 valence electrons. The number of aromatic nitrogens is 1. The van der Waals surface area contributed by atoms with E-state index in [9.17, 15) is 0 Å². The Kier molecular flexibility index (Phi) is 8.32. The van der Waals surface area contributed by atoms with E-state index < -0.39 is 0 Å². The number of fused-ring (bicyclic) bond motifs is 7. The van der Waals surface area contributed by atoms with Crippen LogP contribution >= 0.6 is 0 Å². The molecule has 0 amide bonds. The first-order chi connectivity index (χ1) is 31.8. The highest BCUT2D eigenvalue weighted by Crippen LogP contribution is 2.45. The van der Waals surface area contributed by atoms with E-state index in [1.807, 2.05) is 0 Å². The number of hydrogen-bond donors (Lipinski definition) is 0. The van der Waals surface area contributed by atoms with Crippen molar-refractivity contribution < 1.29 is 0 Å². The van der Waals surface area contributed by atoms with Crippen molar-refractivity contribution in [3.05, 3.63) is 243 Å². The Morgan fingerprint density at radius 2 is 0.688 bits per heavy atom. The van der Waals surface area contributed by atoms with Crippen LogP contribution in [0.2, 0.25) is 0 Å². The molecule has 0 atom stereocenters. The molecule has 0 saturated carbocycles. The second-order valence-corrected chi connectivity index (χ2v) is 16.9. The van der Waals surface area contributed by atoms with Crippen LogP contribution in [0.4, 0.5) is 34.1 Å². The zero-order valence-corrected chi connectivity index (χ0v) is 35.0. The first kappa shape index (κ1) is 36.3. The standard InChI is InChI=1S/C60H40BN3/c1-5-16-41(17-6-1)44-31-36-54-50(38-44)51-39-45(42-18-7-2-8-19-42)32-37-55(51)62(54)49-33-28-43(29-34-49)46-30-35-53-59(40-46)64(48-22-11-4-12-23-48)58-27-15-26-57-60(58)61(53)52-24-13-14-25-56(52)63(57)47-20-9-3-10-21-47/h1-40H. The second-order valence-electron chi connectivity index (χ2n) is 16.9. The summed E-state index contributed by atoms with van der Waals surface area (Å²) in [6.07, 6.45) is 0. The summed E-state index contributed by atoms with van der Waals surface area (Å²) in [6.45, 7) is 0.0777. The second kappa shape index (κ2) is 14.6. The number of anilines is 6. The highest BCUT2D eigenvalue weighted by molar-refractivity contribution is 7.00. The Bertz CT molecular complexity index is 3450. The zero-order valence-electron chi connectivity index (χ0n) is 35.0. The number of rotatable bonds is 6. The number of para-hydroxylation sites is 3. The van der Waals surface area contributed by atoms with Gasteiger partial charge in [0.15, 0.2) is 0 Å². The van der Waals surface area contributed by atoms with E-state index in [0.29, 0.717) is 0 Å². The molecule has 0 radical (unpaired) electrons. The van der Waals surface area contributed by atoms with E-state index in [0.717, 1.165) is 17.1 Å². The van der Waals surface area contributed by atoms with Crippen LogP contribution in [0.5, 0.6) is 0 Å². The van der Waals surface area contributed by atoms with Crippen LogP contribution in [-0.4, -0.2) is 11.3 Å². The molecule has 10 aromatic carbocycles. The molecule has 0 N–H and O–H groups in total. The van der Waals surface area contributed by atoms with Gasteiger partial charge in [-0.2, -0.15) is 0 Å². The van der Waals surface area contributed by atoms with Crippen molar-refractivity contribution in [2.45, 2.75) is 0 Å². The maximum atomic E-state index is 2.48. The van der Waals surface area contributed by atoms with Crippen molar-refractivity contribution >= 4 is 79.0 Å². The van der Waals surface area contributed by atoms with Gasteiger partial charge in [0, 0.05) is 50.6 Å². The topological polar surface area (TPSA) is 11.4 Å². The number of hydrogen-bond acceptors (Lipinski definition) is 2. The summed E-state index contributed by atoms with van der Waals surface area (Å²) in [5.41, 5.74) is 21.9. The van der Waals surface area contributed by atoms with Crippen LogP contribution in [0.25, 0.3) is 60.9 Å². The van der Waals surface area contributed by atoms with Crippen LogP contribution in [-0.2, 0) is 0 Å². The molecule has 11 aromatic rings. The molecule has 64 heavy (non-hydrogen) atoms. The van der Waals surface area contributed by atoms with Gasteiger partial charge in [0.25, 0.3) is 6.71 Å². The molecule has 2 aliphatic rings. The minimum absolute atomic E-state index is 0.0777. The van der Waals surface area contributed by atoms with Crippen LogP contribution in [0, 0.1) is 0 Å². The van der Waals surface area contributed by atoms with Gasteiger partial charge in [-0.1, -0.05) is 158 Å². The van der Waals surface area contributed by atoms with Crippen LogP contribution in [0.1, 0.15) is 0 Å². The van der Waals surface area contributed by atoms with Gasteiger partial charge in [0.1, 0.15) is 0 Å². The van der Waals surface area contributed by atoms with Gasteiger partial charge in [0.2, 0.25) is 0 Å². The Labute approximate surface area is 373 Å². The van der Waals surface area contributed by atoms with Crippen molar-refractivity contribution in [3.8, 4) is 39.1 Å². The van der Waals surface area contributed by atoms with E-state index in [-0.39, 0.29) is 6.71 Å². The average Bonchev–Trinajstić information content (AvgIpc) is 3.70. The average molecular weight is 814 g/mol. The molecule has 0 unspecified atom stereocenters. The summed E-state index contributed by atoms with van der Waals surface area (Å²) in [7, 11) is 0. The molecule has 0 fully saturated rings. The van der Waals surface area contributed by atoms with Gasteiger partial charge in [-0.05, 0) is 135 Å². The van der Waals surface area contributed by atoms with Gasteiger partial charge in [-0.25, -0.2) is 0 Å². The molecule has 0 aliphatic carbocycles. The van der Waals surface area contributed by atoms with Crippen molar-refractivity contribution in [2.24, 2.45) is 0 Å². The maximum absolute atomic E-state index is 2.48. The summed E-state index contributed by atoms with van der Waals surface area (Å²) < 4.78 is 2.43. The molecule has 3 nitrogen and oxygen atoms in total. The smallest absolute Gasteiger partial charge is 0.252 e. The van der Waals surface area contributed by atoms with E-state index in [4.69, 9.17) is 0 Å². The fourth-order valence-electron chi connectivity index (χ4n) is 10.5. The predicted octanol–water partition coefficient (Wildman–Crippen LogP) is 13.9. The third-order valence-electron chi connectivity index (χ3n) is 13.4. The van der Waals surface area contributed by atoms with Crippen molar-refractivity contribution in [1.29, 1.82) is 0 Å². The third-order valence-corrected chi connectivity index (χ3v) is 13.4. The van der Waals surface area contributed by atoms with Crippen LogP contribution in [0.15, 0.2) is 243 Å². The molecular weight excluding hydrogens is 773 g/mol. The van der Waals surface area contributed by atoms with Crippen LogP contribution in [0.3, 0.4) is 0 Å². The van der Waals surface area contributed by atoms with E-state index >= 15 is 0 Å². The maximum Gasteiger partial charge on any atom is 0.252 e. The summed E-state index contributed by atoms with van der Waals surface area (Å²) >= 11 is 0. The lowest BCUT2D eigenvalue weighted by Crippen LogP contribution is -2.61. The summed E-state index contributed by atoms with van der Waals surface area (Å²) in [6, 6.07) is 88.9. The Hall–Kier alpha value is -8.34. The lowest BCUT2D eigenvalue weighted by Gasteiger charge is -2.44. The minimum Gasteiger partial charge on any atom is -0.311 e. The van der Waals surface area contributed by atoms with Gasteiger partial charge in [-0.15, -0.1) is 0 Å². The third kappa shape index (κ3) is 5.70. The first-order valence-corrected chi connectivity index (χ1v) is 22.1. The molecule has 13 rings (SSSR count). The molecule has 1 aromatic heterocycles. The molecule has 2 aliphatic heterocycles. The van der Waals surface area contributed by atoms with Crippen molar-refractivity contribution in [3.63, 3.8) is 0 Å². The zero-order chi connectivity index (χ0) is 42.1. The first-order valence-electron chi connectivity index (χ1n) is 22.1. The van der Waals surface area contributed by atoms with E-state index in [2.05, 4.69) is 257 Å². The van der Waals surface area contributed by atoms with Gasteiger partial charge in [-0.3, -0.25) is 0 Å². The fourth-order valence-corrected chi connectivity index (χ4v) is 10.5. The molecule has 0 spiro atoms. The van der Waals surface area contributed by atoms with Crippen LogP contribution < -0.4 is 26.2 Å². The molecule has 4 heteroatoms. The molecular formula is C60H40BN3. The van der Waals surface area contributed by atoms with Crippen molar-refractivity contribution in [2.75, 3.05) is 9.80 Å². The predicted molar refractivity (Wildman–Crippen MR) is 271 cm³/mol.